The molecule has 1 aliphatic rings. The lowest BCUT2D eigenvalue weighted by Gasteiger charge is -2.21. The van der Waals surface area contributed by atoms with E-state index in [4.69, 9.17) is 4.42 Å². The number of hydrogen-bond donors (Lipinski definition) is 2. The van der Waals surface area contributed by atoms with Crippen LogP contribution in [0.1, 0.15) is 62.0 Å². The minimum Gasteiger partial charge on any atom is -0.466 e. The van der Waals surface area contributed by atoms with Crippen molar-refractivity contribution in [1.29, 1.82) is 0 Å². The van der Waals surface area contributed by atoms with E-state index in [1.165, 1.54) is 32.1 Å². The summed E-state index contributed by atoms with van der Waals surface area (Å²) in [7, 11) is 0. The van der Waals surface area contributed by atoms with Crippen LogP contribution in [-0.4, -0.2) is 12.1 Å². The molecule has 112 valence electrons. The van der Waals surface area contributed by atoms with Gasteiger partial charge in [-0.1, -0.05) is 32.1 Å². The number of carbonyl (C=O) groups is 1. The molecule has 0 bridgehead atoms. The highest BCUT2D eigenvalue weighted by atomic mass is 16.3. The van der Waals surface area contributed by atoms with Crippen LogP contribution in [0.25, 0.3) is 0 Å². The molecule has 0 radical (unpaired) electrons. The molecule has 2 N–H and O–H groups in total. The second kappa shape index (κ2) is 7.36. The van der Waals surface area contributed by atoms with Gasteiger partial charge in [0.1, 0.15) is 11.5 Å². The van der Waals surface area contributed by atoms with E-state index in [1.807, 2.05) is 19.9 Å². The van der Waals surface area contributed by atoms with Crippen molar-refractivity contribution in [2.45, 2.75) is 71.4 Å². The summed E-state index contributed by atoms with van der Waals surface area (Å²) in [5, 5.41) is 6.03. The quantitative estimate of drug-likeness (QED) is 0.883. The Morgan fingerprint density at radius 3 is 2.45 bits per heavy atom. The van der Waals surface area contributed by atoms with Gasteiger partial charge in [-0.2, -0.15) is 0 Å². The van der Waals surface area contributed by atoms with Crippen molar-refractivity contribution in [3.63, 3.8) is 0 Å². The number of rotatable bonds is 3. The molecule has 1 heterocycles. The number of carbonyl (C=O) groups excluding carboxylic acids is 1. The minimum absolute atomic E-state index is 0.0613. The smallest absolute Gasteiger partial charge is 0.315 e. The first kappa shape index (κ1) is 14.9. The number of amides is 2. The van der Waals surface area contributed by atoms with Crippen molar-refractivity contribution in [2.75, 3.05) is 0 Å². The Balaban J connectivity index is 1.75. The molecule has 1 saturated carbocycles. The minimum atomic E-state index is -0.0613. The molecular weight excluding hydrogens is 252 g/mol. The van der Waals surface area contributed by atoms with Gasteiger partial charge in [0.2, 0.25) is 0 Å². The molecule has 0 aliphatic heterocycles. The van der Waals surface area contributed by atoms with Crippen molar-refractivity contribution in [2.24, 2.45) is 0 Å². The lowest BCUT2D eigenvalue weighted by atomic mass is 9.97. The summed E-state index contributed by atoms with van der Waals surface area (Å²) >= 11 is 0. The highest BCUT2D eigenvalue weighted by Gasteiger charge is 2.14. The Kier molecular flexibility index (Phi) is 5.50. The summed E-state index contributed by atoms with van der Waals surface area (Å²) < 4.78 is 5.46. The van der Waals surface area contributed by atoms with Gasteiger partial charge in [-0.05, 0) is 32.8 Å². The van der Waals surface area contributed by atoms with Crippen molar-refractivity contribution in [3.8, 4) is 0 Å². The zero-order valence-electron chi connectivity index (χ0n) is 12.6. The molecule has 1 aliphatic carbocycles. The van der Waals surface area contributed by atoms with E-state index in [9.17, 15) is 4.79 Å². The molecule has 2 amide bonds. The van der Waals surface area contributed by atoms with Crippen LogP contribution in [0.2, 0.25) is 0 Å². The molecule has 4 nitrogen and oxygen atoms in total. The fourth-order valence-electron chi connectivity index (χ4n) is 2.87. The van der Waals surface area contributed by atoms with Gasteiger partial charge in [-0.3, -0.25) is 0 Å². The van der Waals surface area contributed by atoms with Gasteiger partial charge in [0.15, 0.2) is 0 Å². The maximum absolute atomic E-state index is 11.9. The lowest BCUT2D eigenvalue weighted by Crippen LogP contribution is -2.42. The molecule has 0 spiro atoms. The number of hydrogen-bond acceptors (Lipinski definition) is 2. The van der Waals surface area contributed by atoms with E-state index >= 15 is 0 Å². The van der Waals surface area contributed by atoms with Gasteiger partial charge in [0, 0.05) is 18.2 Å². The summed E-state index contributed by atoms with van der Waals surface area (Å²) in [5.41, 5.74) is 1.05. The zero-order valence-corrected chi connectivity index (χ0v) is 12.6. The zero-order chi connectivity index (χ0) is 14.4. The Morgan fingerprint density at radius 2 is 1.85 bits per heavy atom. The SMILES string of the molecule is Cc1cc(CNC(=O)NC2CCCCCCC2)c(C)o1. The summed E-state index contributed by atoms with van der Waals surface area (Å²) in [6.45, 7) is 4.38. The fourth-order valence-corrected chi connectivity index (χ4v) is 2.87. The molecule has 0 aromatic carbocycles. The van der Waals surface area contributed by atoms with Crippen LogP contribution in [-0.2, 0) is 6.54 Å². The average molecular weight is 278 g/mol. The van der Waals surface area contributed by atoms with Gasteiger partial charge in [-0.25, -0.2) is 4.79 Å². The Labute approximate surface area is 121 Å². The number of nitrogens with one attached hydrogen (secondary N) is 2. The van der Waals surface area contributed by atoms with Crippen molar-refractivity contribution in [1.82, 2.24) is 10.6 Å². The third kappa shape index (κ3) is 4.58. The van der Waals surface area contributed by atoms with Crippen LogP contribution < -0.4 is 10.6 Å². The summed E-state index contributed by atoms with van der Waals surface area (Å²) in [6.07, 6.45) is 8.61. The monoisotopic (exact) mass is 278 g/mol. The molecule has 2 rings (SSSR count). The van der Waals surface area contributed by atoms with Crippen LogP contribution in [0, 0.1) is 13.8 Å². The highest BCUT2D eigenvalue weighted by Crippen LogP contribution is 2.17. The first-order valence-corrected chi connectivity index (χ1v) is 7.75. The molecule has 1 fully saturated rings. The van der Waals surface area contributed by atoms with E-state index in [0.29, 0.717) is 12.6 Å². The predicted molar refractivity (Wildman–Crippen MR) is 79.7 cm³/mol. The highest BCUT2D eigenvalue weighted by molar-refractivity contribution is 5.74. The molecule has 0 atom stereocenters. The first-order chi connectivity index (χ1) is 9.65. The van der Waals surface area contributed by atoms with E-state index in [-0.39, 0.29) is 6.03 Å². The van der Waals surface area contributed by atoms with Crippen LogP contribution in [0.3, 0.4) is 0 Å². The van der Waals surface area contributed by atoms with E-state index < -0.39 is 0 Å². The van der Waals surface area contributed by atoms with E-state index in [1.54, 1.807) is 0 Å². The topological polar surface area (TPSA) is 54.3 Å². The largest absolute Gasteiger partial charge is 0.466 e. The number of furan rings is 1. The van der Waals surface area contributed by atoms with Gasteiger partial charge in [0.05, 0.1) is 0 Å². The van der Waals surface area contributed by atoms with Gasteiger partial charge >= 0.3 is 6.03 Å². The van der Waals surface area contributed by atoms with Crippen molar-refractivity contribution < 1.29 is 9.21 Å². The Bertz CT molecular complexity index is 432. The molecular formula is C16H26N2O2. The lowest BCUT2D eigenvalue weighted by molar-refractivity contribution is 0.233. The molecule has 1 aromatic heterocycles. The van der Waals surface area contributed by atoms with Gasteiger partial charge < -0.3 is 15.1 Å². The second-order valence-electron chi connectivity index (χ2n) is 5.81. The maximum Gasteiger partial charge on any atom is 0.315 e. The molecule has 0 saturated heterocycles. The van der Waals surface area contributed by atoms with Crippen molar-refractivity contribution >= 4 is 6.03 Å². The van der Waals surface area contributed by atoms with Crippen LogP contribution in [0.15, 0.2) is 10.5 Å². The fraction of sp³-hybridized carbons (Fsp3) is 0.688. The van der Waals surface area contributed by atoms with E-state index in [0.717, 1.165) is 29.9 Å². The summed E-state index contributed by atoms with van der Waals surface area (Å²) in [4.78, 5) is 11.9. The molecule has 1 aromatic rings. The second-order valence-corrected chi connectivity index (χ2v) is 5.81. The predicted octanol–water partition coefficient (Wildman–Crippen LogP) is 3.81. The van der Waals surface area contributed by atoms with Crippen LogP contribution >= 0.6 is 0 Å². The normalized spacial score (nSPS) is 17.3. The molecule has 20 heavy (non-hydrogen) atoms. The van der Waals surface area contributed by atoms with Gasteiger partial charge in [0.25, 0.3) is 0 Å². The molecule has 0 unspecified atom stereocenters. The number of urea groups is 1. The van der Waals surface area contributed by atoms with Crippen molar-refractivity contribution in [3.05, 3.63) is 23.2 Å². The van der Waals surface area contributed by atoms with Crippen LogP contribution in [0.4, 0.5) is 4.79 Å². The summed E-state index contributed by atoms with van der Waals surface area (Å²) in [6, 6.07) is 2.25. The Morgan fingerprint density at radius 1 is 1.20 bits per heavy atom. The Hall–Kier alpha value is -1.45. The number of aryl methyl sites for hydroxylation is 2. The standard InChI is InChI=1S/C16H26N2O2/c1-12-10-14(13(2)20-12)11-17-16(19)18-15-8-6-4-3-5-7-9-15/h10,15H,3-9,11H2,1-2H3,(H2,17,18,19). The maximum atomic E-state index is 11.9. The molecule has 4 heteroatoms. The third-order valence-electron chi connectivity index (χ3n) is 4.02. The third-order valence-corrected chi connectivity index (χ3v) is 4.02. The van der Waals surface area contributed by atoms with E-state index in [2.05, 4.69) is 10.6 Å². The average Bonchev–Trinajstić information content (AvgIpc) is 2.68. The van der Waals surface area contributed by atoms with Crippen LogP contribution in [0.5, 0.6) is 0 Å². The van der Waals surface area contributed by atoms with Gasteiger partial charge in [-0.15, -0.1) is 0 Å². The first-order valence-electron chi connectivity index (χ1n) is 7.75. The summed E-state index contributed by atoms with van der Waals surface area (Å²) in [5.74, 6) is 1.77.